The molecule has 0 saturated carbocycles. The monoisotopic (exact) mass is 454 g/mol. The van der Waals surface area contributed by atoms with Crippen LogP contribution in [0, 0.1) is 13.8 Å². The molecule has 0 aromatic heterocycles. The highest BCUT2D eigenvalue weighted by Crippen LogP contribution is 2.22. The minimum atomic E-state index is -3.42. The summed E-state index contributed by atoms with van der Waals surface area (Å²) in [5.41, 5.74) is 2.65. The fraction of sp³-hybridized carbons (Fsp3) is 0.381. The number of rotatable bonds is 10. The summed E-state index contributed by atoms with van der Waals surface area (Å²) >= 11 is 7.50. The van der Waals surface area contributed by atoms with Crippen LogP contribution < -0.4 is 9.62 Å². The molecule has 2 rings (SSSR count). The van der Waals surface area contributed by atoms with E-state index in [-0.39, 0.29) is 18.9 Å². The summed E-state index contributed by atoms with van der Waals surface area (Å²) in [7, 11) is -3.42. The van der Waals surface area contributed by atoms with Crippen molar-refractivity contribution in [1.82, 2.24) is 5.32 Å². The molecule has 0 fully saturated rings. The van der Waals surface area contributed by atoms with E-state index in [2.05, 4.69) is 5.32 Å². The van der Waals surface area contributed by atoms with Crippen LogP contribution in [0.5, 0.6) is 0 Å². The first kappa shape index (κ1) is 23.6. The lowest BCUT2D eigenvalue weighted by Crippen LogP contribution is -2.32. The van der Waals surface area contributed by atoms with Gasteiger partial charge in [0.25, 0.3) is 0 Å². The Labute approximate surface area is 182 Å². The average Bonchev–Trinajstić information content (AvgIpc) is 2.62. The quantitative estimate of drug-likeness (QED) is 0.426. The van der Waals surface area contributed by atoms with Crippen LogP contribution in [0.3, 0.4) is 0 Å². The number of carbonyl (C=O) groups is 1. The van der Waals surface area contributed by atoms with Crippen molar-refractivity contribution in [3.05, 3.63) is 58.6 Å². The van der Waals surface area contributed by atoms with Gasteiger partial charge in [0.1, 0.15) is 0 Å². The normalized spacial score (nSPS) is 11.3. The summed E-state index contributed by atoms with van der Waals surface area (Å²) in [5, 5.41) is 3.58. The average molecular weight is 455 g/mol. The number of carbonyl (C=O) groups excluding carboxylic acids is 1. The van der Waals surface area contributed by atoms with Gasteiger partial charge in [0, 0.05) is 35.2 Å². The Bertz CT molecular complexity index is 911. The molecule has 0 radical (unpaired) electrons. The fourth-order valence-electron chi connectivity index (χ4n) is 2.94. The van der Waals surface area contributed by atoms with E-state index in [1.54, 1.807) is 11.8 Å². The van der Waals surface area contributed by atoms with Crippen molar-refractivity contribution in [2.24, 2.45) is 0 Å². The molecule has 0 saturated heterocycles. The third-order valence-corrected chi connectivity index (χ3v) is 6.63. The molecule has 2 aromatic carbocycles. The van der Waals surface area contributed by atoms with Crippen molar-refractivity contribution in [1.29, 1.82) is 0 Å². The molecular formula is C21H27ClN2O3S2. The Morgan fingerprint density at radius 1 is 1.10 bits per heavy atom. The summed E-state index contributed by atoms with van der Waals surface area (Å²) in [6, 6.07) is 13.3. The predicted octanol–water partition coefficient (Wildman–Crippen LogP) is 4.41. The molecule has 2 aromatic rings. The van der Waals surface area contributed by atoms with Gasteiger partial charge in [0.15, 0.2) is 0 Å². The Hall–Kier alpha value is -1.70. The smallest absolute Gasteiger partial charge is 0.232 e. The van der Waals surface area contributed by atoms with E-state index in [0.29, 0.717) is 23.7 Å². The van der Waals surface area contributed by atoms with E-state index < -0.39 is 10.0 Å². The number of nitrogens with zero attached hydrogens (tertiary/aromatic N) is 1. The van der Waals surface area contributed by atoms with E-state index in [0.717, 1.165) is 21.8 Å². The minimum Gasteiger partial charge on any atom is -0.355 e. The summed E-state index contributed by atoms with van der Waals surface area (Å²) < 4.78 is 25.8. The number of hydrogen-bond donors (Lipinski definition) is 1. The molecule has 0 atom stereocenters. The molecule has 0 heterocycles. The lowest BCUT2D eigenvalue weighted by molar-refractivity contribution is -0.121. The van der Waals surface area contributed by atoms with Gasteiger partial charge in [-0.3, -0.25) is 9.10 Å². The zero-order chi connectivity index (χ0) is 21.4. The Morgan fingerprint density at radius 3 is 2.31 bits per heavy atom. The van der Waals surface area contributed by atoms with Gasteiger partial charge in [-0.2, -0.15) is 0 Å². The topological polar surface area (TPSA) is 66.5 Å². The van der Waals surface area contributed by atoms with Gasteiger partial charge in [-0.1, -0.05) is 17.7 Å². The van der Waals surface area contributed by atoms with Crippen LogP contribution >= 0.6 is 23.4 Å². The second-order valence-corrected chi connectivity index (χ2v) is 10.4. The molecule has 0 aliphatic carbocycles. The van der Waals surface area contributed by atoms with Crippen molar-refractivity contribution in [2.75, 3.05) is 29.4 Å². The Balaban J connectivity index is 1.78. The van der Waals surface area contributed by atoms with Crippen molar-refractivity contribution >= 4 is 45.0 Å². The van der Waals surface area contributed by atoms with E-state index in [1.165, 1.54) is 10.6 Å². The molecule has 29 heavy (non-hydrogen) atoms. The number of benzene rings is 2. The van der Waals surface area contributed by atoms with Gasteiger partial charge < -0.3 is 5.32 Å². The first-order chi connectivity index (χ1) is 13.6. The molecular weight excluding hydrogens is 428 g/mol. The maximum atomic E-state index is 12.2. The fourth-order valence-corrected chi connectivity index (χ4v) is 4.79. The van der Waals surface area contributed by atoms with Crippen molar-refractivity contribution < 1.29 is 13.2 Å². The van der Waals surface area contributed by atoms with Gasteiger partial charge >= 0.3 is 0 Å². The van der Waals surface area contributed by atoms with Gasteiger partial charge in [-0.05, 0) is 67.8 Å². The van der Waals surface area contributed by atoms with E-state index >= 15 is 0 Å². The van der Waals surface area contributed by atoms with Crippen LogP contribution in [-0.4, -0.2) is 39.4 Å². The lowest BCUT2D eigenvalue weighted by Gasteiger charge is -2.23. The minimum absolute atomic E-state index is 0.0735. The third kappa shape index (κ3) is 8.28. The summed E-state index contributed by atoms with van der Waals surface area (Å²) in [4.78, 5) is 13.2. The van der Waals surface area contributed by atoms with Crippen LogP contribution in [0.4, 0.5) is 5.69 Å². The Morgan fingerprint density at radius 2 is 1.72 bits per heavy atom. The zero-order valence-corrected chi connectivity index (χ0v) is 19.3. The molecule has 158 valence electrons. The highest BCUT2D eigenvalue weighted by molar-refractivity contribution is 7.99. The molecule has 1 N–H and O–H groups in total. The van der Waals surface area contributed by atoms with Crippen LogP contribution in [0.2, 0.25) is 5.02 Å². The number of nitrogens with one attached hydrogen (secondary N) is 1. The first-order valence-electron chi connectivity index (χ1n) is 9.36. The van der Waals surface area contributed by atoms with Crippen molar-refractivity contribution in [2.45, 2.75) is 31.6 Å². The van der Waals surface area contributed by atoms with Gasteiger partial charge in [0.05, 0.1) is 11.9 Å². The maximum absolute atomic E-state index is 12.2. The second-order valence-electron chi connectivity index (χ2n) is 6.94. The van der Waals surface area contributed by atoms with Crippen molar-refractivity contribution in [3.63, 3.8) is 0 Å². The van der Waals surface area contributed by atoms with Crippen molar-refractivity contribution in [3.8, 4) is 0 Å². The number of hydrogen-bond acceptors (Lipinski definition) is 4. The van der Waals surface area contributed by atoms with Gasteiger partial charge in [-0.15, -0.1) is 11.8 Å². The molecule has 0 spiro atoms. The summed E-state index contributed by atoms with van der Waals surface area (Å²) in [6.45, 7) is 4.70. The molecule has 0 aliphatic rings. The number of aryl methyl sites for hydroxylation is 2. The summed E-state index contributed by atoms with van der Waals surface area (Å²) in [5.74, 6) is 0.682. The standard InChI is InChI=1S/C21H27ClN2O3S2/c1-16-13-17(2)15-19(14-16)24(29(3,26)27)11-4-5-21(25)23-10-12-28-20-8-6-18(22)7-9-20/h6-9,13-15H,4-5,10-12H2,1-3H3,(H,23,25). The second kappa shape index (κ2) is 10.9. The van der Waals surface area contributed by atoms with Gasteiger partial charge in [0.2, 0.25) is 15.9 Å². The van der Waals surface area contributed by atoms with E-state index in [4.69, 9.17) is 11.6 Å². The number of sulfonamides is 1. The van der Waals surface area contributed by atoms with E-state index in [1.807, 2.05) is 56.3 Å². The van der Waals surface area contributed by atoms with Crippen LogP contribution in [-0.2, 0) is 14.8 Å². The predicted molar refractivity (Wildman–Crippen MR) is 123 cm³/mol. The number of halogens is 1. The SMILES string of the molecule is Cc1cc(C)cc(N(CCCC(=O)NCCSc2ccc(Cl)cc2)S(C)(=O)=O)c1. The molecule has 8 heteroatoms. The zero-order valence-electron chi connectivity index (χ0n) is 16.9. The molecule has 0 unspecified atom stereocenters. The molecule has 5 nitrogen and oxygen atoms in total. The lowest BCUT2D eigenvalue weighted by atomic mass is 10.1. The van der Waals surface area contributed by atoms with E-state index in [9.17, 15) is 13.2 Å². The highest BCUT2D eigenvalue weighted by Gasteiger charge is 2.18. The molecule has 1 amide bonds. The number of thioether (sulfide) groups is 1. The largest absolute Gasteiger partial charge is 0.355 e. The molecule has 0 aliphatic heterocycles. The Kier molecular flexibility index (Phi) is 8.86. The van der Waals surface area contributed by atoms with Crippen LogP contribution in [0.1, 0.15) is 24.0 Å². The highest BCUT2D eigenvalue weighted by atomic mass is 35.5. The first-order valence-corrected chi connectivity index (χ1v) is 12.6. The number of anilines is 1. The maximum Gasteiger partial charge on any atom is 0.232 e. The third-order valence-electron chi connectivity index (χ3n) is 4.17. The summed E-state index contributed by atoms with van der Waals surface area (Å²) in [6.07, 6.45) is 1.93. The van der Waals surface area contributed by atoms with Crippen LogP contribution in [0.25, 0.3) is 0 Å². The van der Waals surface area contributed by atoms with Crippen LogP contribution in [0.15, 0.2) is 47.4 Å². The number of amides is 1. The molecule has 0 bridgehead atoms. The van der Waals surface area contributed by atoms with Gasteiger partial charge in [-0.25, -0.2) is 8.42 Å².